The van der Waals surface area contributed by atoms with E-state index >= 15 is 0 Å². The number of ether oxygens (including phenoxy) is 1. The first-order valence-electron chi connectivity index (χ1n) is 4.56. The summed E-state index contributed by atoms with van der Waals surface area (Å²) in [7, 11) is 3.20. The van der Waals surface area contributed by atoms with Gasteiger partial charge in [-0.05, 0) is 24.1 Å². The Morgan fingerprint density at radius 3 is 2.20 bits per heavy atom. The summed E-state index contributed by atoms with van der Waals surface area (Å²) in [5.41, 5.74) is 0.948. The Hall–Kier alpha value is -0.580. The normalized spacial score (nSPS) is 13.8. The van der Waals surface area contributed by atoms with Crippen LogP contribution >= 0.6 is 10.7 Å². The molecule has 1 atom stereocenters. The van der Waals surface area contributed by atoms with E-state index in [1.807, 2.05) is 6.92 Å². The molecule has 0 N–H and O–H groups in total. The van der Waals surface area contributed by atoms with Crippen molar-refractivity contribution < 1.29 is 13.2 Å². The Morgan fingerprint density at radius 2 is 1.87 bits per heavy atom. The second kappa shape index (κ2) is 4.96. The molecule has 0 spiro atoms. The predicted molar refractivity (Wildman–Crippen MR) is 59.5 cm³/mol. The molecule has 15 heavy (non-hydrogen) atoms. The van der Waals surface area contributed by atoms with Crippen LogP contribution in [0.15, 0.2) is 29.2 Å². The number of hydrogen-bond donors (Lipinski definition) is 0. The molecule has 0 heterocycles. The topological polar surface area (TPSA) is 43.4 Å². The SMILES string of the molecule is CC[C@H](OC)c1ccc(S(=O)(=O)Cl)cc1. The molecule has 0 saturated carbocycles. The van der Waals surface area contributed by atoms with Crippen LogP contribution in [0.5, 0.6) is 0 Å². The van der Waals surface area contributed by atoms with Crippen molar-refractivity contribution in [2.24, 2.45) is 0 Å². The summed E-state index contributed by atoms with van der Waals surface area (Å²) in [6.07, 6.45) is 0.834. The van der Waals surface area contributed by atoms with Gasteiger partial charge in [0.2, 0.25) is 0 Å². The third-order valence-electron chi connectivity index (χ3n) is 2.19. The third kappa shape index (κ3) is 3.19. The molecule has 1 aromatic rings. The maximum absolute atomic E-state index is 11.0. The number of benzene rings is 1. The summed E-state index contributed by atoms with van der Waals surface area (Å²) in [6, 6.07) is 6.40. The fourth-order valence-electron chi connectivity index (χ4n) is 1.38. The minimum atomic E-state index is -3.63. The third-order valence-corrected chi connectivity index (χ3v) is 3.56. The predicted octanol–water partition coefficient (Wildman–Crippen LogP) is 2.71. The van der Waals surface area contributed by atoms with Crippen molar-refractivity contribution in [3.63, 3.8) is 0 Å². The molecular weight excluding hydrogens is 236 g/mol. The second-order valence-electron chi connectivity index (χ2n) is 3.14. The Kier molecular flexibility index (Phi) is 4.13. The number of halogens is 1. The first-order valence-corrected chi connectivity index (χ1v) is 6.87. The molecule has 0 saturated heterocycles. The van der Waals surface area contributed by atoms with Crippen molar-refractivity contribution in [1.82, 2.24) is 0 Å². The summed E-state index contributed by atoms with van der Waals surface area (Å²) in [4.78, 5) is 0.110. The molecule has 1 aromatic carbocycles. The Morgan fingerprint density at radius 1 is 1.33 bits per heavy atom. The second-order valence-corrected chi connectivity index (χ2v) is 5.71. The summed E-state index contributed by atoms with van der Waals surface area (Å²) in [5.74, 6) is 0. The zero-order valence-corrected chi connectivity index (χ0v) is 10.2. The highest BCUT2D eigenvalue weighted by Crippen LogP contribution is 2.22. The highest BCUT2D eigenvalue weighted by Gasteiger charge is 2.12. The van der Waals surface area contributed by atoms with Crippen molar-refractivity contribution in [2.45, 2.75) is 24.3 Å². The van der Waals surface area contributed by atoms with E-state index < -0.39 is 9.05 Å². The van der Waals surface area contributed by atoms with Gasteiger partial charge < -0.3 is 4.74 Å². The van der Waals surface area contributed by atoms with E-state index in [1.165, 1.54) is 12.1 Å². The van der Waals surface area contributed by atoms with Crippen LogP contribution in [0.2, 0.25) is 0 Å². The van der Waals surface area contributed by atoms with Gasteiger partial charge in [0, 0.05) is 17.8 Å². The summed E-state index contributed by atoms with van der Waals surface area (Å²) in [6.45, 7) is 2.00. The standard InChI is InChI=1S/C10H13ClO3S/c1-3-10(14-2)8-4-6-9(7-5-8)15(11,12)13/h4-7,10H,3H2,1-2H3/t10-/m0/s1. The molecule has 0 fully saturated rings. The maximum Gasteiger partial charge on any atom is 0.261 e. The van der Waals surface area contributed by atoms with Gasteiger partial charge in [-0.2, -0.15) is 0 Å². The van der Waals surface area contributed by atoms with E-state index in [0.717, 1.165) is 12.0 Å². The average Bonchev–Trinajstić information content (AvgIpc) is 2.19. The van der Waals surface area contributed by atoms with E-state index in [2.05, 4.69) is 0 Å². The summed E-state index contributed by atoms with van der Waals surface area (Å²) in [5, 5.41) is 0. The molecule has 84 valence electrons. The molecule has 0 bridgehead atoms. The van der Waals surface area contributed by atoms with Gasteiger partial charge in [0.05, 0.1) is 11.0 Å². The molecule has 0 aliphatic rings. The van der Waals surface area contributed by atoms with Crippen LogP contribution in [-0.2, 0) is 13.8 Å². The Labute approximate surface area is 94.4 Å². The van der Waals surface area contributed by atoms with Crippen molar-refractivity contribution >= 4 is 19.7 Å². The molecule has 0 aliphatic heterocycles. The smallest absolute Gasteiger partial charge is 0.261 e. The molecule has 0 aromatic heterocycles. The van der Waals surface area contributed by atoms with Crippen LogP contribution in [-0.4, -0.2) is 15.5 Å². The van der Waals surface area contributed by atoms with Crippen LogP contribution in [0.25, 0.3) is 0 Å². The number of hydrogen-bond acceptors (Lipinski definition) is 3. The monoisotopic (exact) mass is 248 g/mol. The van der Waals surface area contributed by atoms with E-state index in [9.17, 15) is 8.42 Å². The first kappa shape index (κ1) is 12.5. The van der Waals surface area contributed by atoms with Crippen molar-refractivity contribution in [1.29, 1.82) is 0 Å². The van der Waals surface area contributed by atoms with Crippen LogP contribution in [0.3, 0.4) is 0 Å². The van der Waals surface area contributed by atoms with E-state index in [1.54, 1.807) is 19.2 Å². The Bertz CT molecular complexity index is 407. The highest BCUT2D eigenvalue weighted by molar-refractivity contribution is 8.13. The quantitative estimate of drug-likeness (QED) is 0.770. The van der Waals surface area contributed by atoms with Gasteiger partial charge in [-0.15, -0.1) is 0 Å². The van der Waals surface area contributed by atoms with Crippen molar-refractivity contribution in [2.75, 3.05) is 7.11 Å². The van der Waals surface area contributed by atoms with E-state index in [0.29, 0.717) is 0 Å². The molecule has 0 aliphatic carbocycles. The summed E-state index contributed by atoms with van der Waals surface area (Å²) < 4.78 is 27.2. The fraction of sp³-hybridized carbons (Fsp3) is 0.400. The number of methoxy groups -OCH3 is 1. The van der Waals surface area contributed by atoms with Crippen LogP contribution in [0, 0.1) is 0 Å². The van der Waals surface area contributed by atoms with Gasteiger partial charge in [-0.1, -0.05) is 19.1 Å². The zero-order chi connectivity index (χ0) is 11.5. The first-order chi connectivity index (χ1) is 6.99. The molecule has 1 rings (SSSR count). The van der Waals surface area contributed by atoms with Gasteiger partial charge >= 0.3 is 0 Å². The maximum atomic E-state index is 11.0. The molecule has 0 amide bonds. The van der Waals surface area contributed by atoms with Crippen molar-refractivity contribution in [3.05, 3.63) is 29.8 Å². The van der Waals surface area contributed by atoms with Crippen molar-refractivity contribution in [3.8, 4) is 0 Å². The minimum Gasteiger partial charge on any atom is -0.377 e. The van der Waals surface area contributed by atoms with Gasteiger partial charge in [-0.25, -0.2) is 8.42 Å². The lowest BCUT2D eigenvalue weighted by Gasteiger charge is -2.13. The van der Waals surface area contributed by atoms with Crippen LogP contribution in [0.1, 0.15) is 25.0 Å². The lowest BCUT2D eigenvalue weighted by atomic mass is 10.1. The lowest BCUT2D eigenvalue weighted by Crippen LogP contribution is -2.00. The average molecular weight is 249 g/mol. The van der Waals surface area contributed by atoms with E-state index in [4.69, 9.17) is 15.4 Å². The molecule has 3 nitrogen and oxygen atoms in total. The minimum absolute atomic E-state index is 0.00270. The van der Waals surface area contributed by atoms with Gasteiger partial charge in [-0.3, -0.25) is 0 Å². The fourth-order valence-corrected chi connectivity index (χ4v) is 2.15. The molecule has 5 heteroatoms. The molecule has 0 radical (unpaired) electrons. The van der Waals surface area contributed by atoms with Gasteiger partial charge in [0.1, 0.15) is 0 Å². The van der Waals surface area contributed by atoms with E-state index in [-0.39, 0.29) is 11.0 Å². The lowest BCUT2D eigenvalue weighted by molar-refractivity contribution is 0.1000. The Balaban J connectivity index is 3.00. The van der Waals surface area contributed by atoms with Gasteiger partial charge in [0.15, 0.2) is 0 Å². The molecular formula is C10H13ClO3S. The van der Waals surface area contributed by atoms with Crippen LogP contribution in [0.4, 0.5) is 0 Å². The van der Waals surface area contributed by atoms with Gasteiger partial charge in [0.25, 0.3) is 9.05 Å². The molecule has 0 unspecified atom stereocenters. The van der Waals surface area contributed by atoms with Crippen LogP contribution < -0.4 is 0 Å². The largest absolute Gasteiger partial charge is 0.377 e. The summed E-state index contributed by atoms with van der Waals surface area (Å²) >= 11 is 0. The zero-order valence-electron chi connectivity index (χ0n) is 8.60. The highest BCUT2D eigenvalue weighted by atomic mass is 35.7. The number of rotatable bonds is 4.